The number of benzene rings is 2. The molecule has 2 aromatic rings. The number of nitrogens with zero attached hydrogens (tertiary/aromatic N) is 1. The van der Waals surface area contributed by atoms with Gasteiger partial charge >= 0.3 is 0 Å². The maximum Gasteiger partial charge on any atom is 0.243 e. The highest BCUT2D eigenvalue weighted by atomic mass is 35.5. The molecule has 0 spiro atoms. The first-order valence-electron chi connectivity index (χ1n) is 7.31. The van der Waals surface area contributed by atoms with E-state index in [1.165, 1.54) is 18.2 Å². The molecule has 0 bridgehead atoms. The smallest absolute Gasteiger partial charge is 0.243 e. The summed E-state index contributed by atoms with van der Waals surface area (Å²) in [6, 6.07) is 13.2. The summed E-state index contributed by atoms with van der Waals surface area (Å²) in [6.45, 7) is 0.525. The molecule has 0 saturated carbocycles. The van der Waals surface area contributed by atoms with Crippen LogP contribution in [0.5, 0.6) is 0 Å². The van der Waals surface area contributed by atoms with Crippen molar-refractivity contribution in [3.8, 4) is 0 Å². The summed E-state index contributed by atoms with van der Waals surface area (Å²) in [7, 11) is 1.61. The lowest BCUT2D eigenvalue weighted by Gasteiger charge is -2.12. The Hall–Kier alpha value is -2.60. The number of halogens is 2. The molecule has 2 rings (SSSR count). The lowest BCUT2D eigenvalue weighted by molar-refractivity contribution is -0.115. The second-order valence-electron chi connectivity index (χ2n) is 4.97. The third-order valence-corrected chi connectivity index (χ3v) is 3.33. The van der Waals surface area contributed by atoms with E-state index in [2.05, 4.69) is 20.9 Å². The van der Waals surface area contributed by atoms with E-state index in [0.29, 0.717) is 23.2 Å². The Morgan fingerprint density at radius 3 is 2.67 bits per heavy atom. The predicted octanol–water partition coefficient (Wildman–Crippen LogP) is 2.78. The molecule has 0 atom stereocenters. The van der Waals surface area contributed by atoms with E-state index in [9.17, 15) is 9.18 Å². The molecule has 126 valence electrons. The fourth-order valence-electron chi connectivity index (χ4n) is 1.99. The molecule has 0 aromatic heterocycles. The van der Waals surface area contributed by atoms with E-state index in [1.807, 2.05) is 18.2 Å². The van der Waals surface area contributed by atoms with Crippen molar-refractivity contribution >= 4 is 29.2 Å². The van der Waals surface area contributed by atoms with Crippen LogP contribution < -0.4 is 16.0 Å². The largest absolute Gasteiger partial charge is 0.352 e. The van der Waals surface area contributed by atoms with Crippen molar-refractivity contribution in [1.82, 2.24) is 10.6 Å². The molecule has 24 heavy (non-hydrogen) atoms. The molecule has 7 heteroatoms. The molecule has 2 aromatic carbocycles. The monoisotopic (exact) mass is 348 g/mol. The summed E-state index contributed by atoms with van der Waals surface area (Å²) < 4.78 is 13.1. The first-order valence-corrected chi connectivity index (χ1v) is 7.69. The first-order chi connectivity index (χ1) is 11.6. The van der Waals surface area contributed by atoms with Gasteiger partial charge in [0, 0.05) is 24.3 Å². The molecule has 5 nitrogen and oxygen atoms in total. The van der Waals surface area contributed by atoms with E-state index < -0.39 is 5.82 Å². The van der Waals surface area contributed by atoms with Gasteiger partial charge in [-0.05, 0) is 35.9 Å². The van der Waals surface area contributed by atoms with Crippen LogP contribution in [0.4, 0.5) is 10.1 Å². The van der Waals surface area contributed by atoms with Crippen molar-refractivity contribution in [2.45, 2.75) is 6.54 Å². The van der Waals surface area contributed by atoms with E-state index in [4.69, 9.17) is 11.6 Å². The molecule has 0 radical (unpaired) electrons. The Morgan fingerprint density at radius 2 is 1.96 bits per heavy atom. The summed E-state index contributed by atoms with van der Waals surface area (Å²) in [5.41, 5.74) is 1.40. The number of anilines is 1. The minimum Gasteiger partial charge on any atom is -0.352 e. The molecule has 0 aliphatic heterocycles. The Balaban J connectivity index is 1.79. The SMILES string of the molecule is CN=C(NCC(=O)Nc1cccc(F)c1)NCc1cccc(Cl)c1. The van der Waals surface area contributed by atoms with Crippen LogP contribution in [0.2, 0.25) is 5.02 Å². The van der Waals surface area contributed by atoms with Gasteiger partial charge in [0.2, 0.25) is 5.91 Å². The molecule has 0 fully saturated rings. The lowest BCUT2D eigenvalue weighted by Crippen LogP contribution is -2.41. The van der Waals surface area contributed by atoms with Crippen molar-refractivity contribution in [2.24, 2.45) is 4.99 Å². The Labute approximate surface area is 144 Å². The van der Waals surface area contributed by atoms with Gasteiger partial charge in [-0.15, -0.1) is 0 Å². The van der Waals surface area contributed by atoms with E-state index in [1.54, 1.807) is 19.2 Å². The number of hydrogen-bond donors (Lipinski definition) is 3. The normalized spacial score (nSPS) is 11.0. The maximum atomic E-state index is 13.1. The number of carbonyl (C=O) groups excluding carboxylic acids is 1. The van der Waals surface area contributed by atoms with Crippen LogP contribution in [-0.4, -0.2) is 25.5 Å². The number of carbonyl (C=O) groups is 1. The highest BCUT2D eigenvalue weighted by molar-refractivity contribution is 6.30. The van der Waals surface area contributed by atoms with Gasteiger partial charge in [-0.1, -0.05) is 29.8 Å². The summed E-state index contributed by atoms with van der Waals surface area (Å²) in [4.78, 5) is 15.9. The van der Waals surface area contributed by atoms with Crippen LogP contribution in [-0.2, 0) is 11.3 Å². The van der Waals surface area contributed by atoms with Crippen molar-refractivity contribution in [1.29, 1.82) is 0 Å². The van der Waals surface area contributed by atoms with Gasteiger partial charge in [-0.25, -0.2) is 4.39 Å². The second-order valence-corrected chi connectivity index (χ2v) is 5.40. The zero-order valence-electron chi connectivity index (χ0n) is 13.1. The summed E-state index contributed by atoms with van der Waals surface area (Å²) in [5, 5.41) is 9.23. The standard InChI is InChI=1S/C17H18ClFN4O/c1-20-17(21-10-12-4-2-5-13(18)8-12)22-11-16(24)23-15-7-3-6-14(19)9-15/h2-9H,10-11H2,1H3,(H,23,24)(H2,20,21,22). The third kappa shape index (κ3) is 5.89. The average molecular weight is 349 g/mol. The summed E-state index contributed by atoms with van der Waals surface area (Å²) in [6.07, 6.45) is 0. The number of rotatable bonds is 5. The van der Waals surface area contributed by atoms with Gasteiger partial charge in [0.1, 0.15) is 5.82 Å². The summed E-state index contributed by atoms with van der Waals surface area (Å²) in [5.74, 6) is -0.226. The van der Waals surface area contributed by atoms with E-state index in [0.717, 1.165) is 5.56 Å². The van der Waals surface area contributed by atoms with Crippen LogP contribution in [0.3, 0.4) is 0 Å². The number of hydrogen-bond acceptors (Lipinski definition) is 2. The van der Waals surface area contributed by atoms with Crippen LogP contribution in [0.25, 0.3) is 0 Å². The topological polar surface area (TPSA) is 65.5 Å². The quantitative estimate of drug-likeness (QED) is 0.575. The van der Waals surface area contributed by atoms with E-state index in [-0.39, 0.29) is 12.5 Å². The molecular weight excluding hydrogens is 331 g/mol. The molecule has 0 aliphatic rings. The van der Waals surface area contributed by atoms with Gasteiger partial charge < -0.3 is 16.0 Å². The molecule has 0 aliphatic carbocycles. The van der Waals surface area contributed by atoms with Gasteiger partial charge in [-0.3, -0.25) is 9.79 Å². The van der Waals surface area contributed by atoms with Gasteiger partial charge in [0.25, 0.3) is 0 Å². The summed E-state index contributed by atoms with van der Waals surface area (Å²) >= 11 is 5.93. The number of amides is 1. The molecule has 3 N–H and O–H groups in total. The van der Waals surface area contributed by atoms with Crippen LogP contribution in [0.15, 0.2) is 53.5 Å². The second kappa shape index (κ2) is 8.88. The number of guanidine groups is 1. The Morgan fingerprint density at radius 1 is 1.17 bits per heavy atom. The fraction of sp³-hybridized carbons (Fsp3) is 0.176. The molecule has 0 saturated heterocycles. The first kappa shape index (κ1) is 17.7. The van der Waals surface area contributed by atoms with Crippen LogP contribution in [0.1, 0.15) is 5.56 Å². The van der Waals surface area contributed by atoms with Gasteiger partial charge in [-0.2, -0.15) is 0 Å². The van der Waals surface area contributed by atoms with Crippen LogP contribution in [0, 0.1) is 5.82 Å². The third-order valence-electron chi connectivity index (χ3n) is 3.10. The highest BCUT2D eigenvalue weighted by Crippen LogP contribution is 2.10. The zero-order valence-corrected chi connectivity index (χ0v) is 13.9. The fourth-order valence-corrected chi connectivity index (χ4v) is 2.20. The minimum absolute atomic E-state index is 0.00569. The van der Waals surface area contributed by atoms with Crippen molar-refractivity contribution < 1.29 is 9.18 Å². The van der Waals surface area contributed by atoms with Crippen molar-refractivity contribution in [2.75, 3.05) is 18.9 Å². The lowest BCUT2D eigenvalue weighted by atomic mass is 10.2. The Kier molecular flexibility index (Phi) is 6.57. The minimum atomic E-state index is -0.403. The van der Waals surface area contributed by atoms with Crippen molar-refractivity contribution in [3.05, 3.63) is 64.9 Å². The van der Waals surface area contributed by atoms with E-state index >= 15 is 0 Å². The highest BCUT2D eigenvalue weighted by Gasteiger charge is 2.05. The average Bonchev–Trinajstić information content (AvgIpc) is 2.55. The van der Waals surface area contributed by atoms with Crippen molar-refractivity contribution in [3.63, 3.8) is 0 Å². The molecular formula is C17H18ClFN4O. The molecule has 0 unspecified atom stereocenters. The number of aliphatic imine (C=N–C) groups is 1. The van der Waals surface area contributed by atoms with Gasteiger partial charge in [0.15, 0.2) is 5.96 Å². The Bertz CT molecular complexity index is 736. The van der Waals surface area contributed by atoms with Crippen LogP contribution >= 0.6 is 11.6 Å². The molecule has 1 amide bonds. The number of nitrogens with one attached hydrogen (secondary N) is 3. The maximum absolute atomic E-state index is 13.1. The van der Waals surface area contributed by atoms with Gasteiger partial charge in [0.05, 0.1) is 6.54 Å². The predicted molar refractivity (Wildman–Crippen MR) is 94.7 cm³/mol. The molecule has 0 heterocycles. The zero-order chi connectivity index (χ0) is 17.4.